The molecule has 0 aliphatic carbocycles. The number of methoxy groups -OCH3 is 1. The zero-order chi connectivity index (χ0) is 22.6. The summed E-state index contributed by atoms with van der Waals surface area (Å²) in [6.07, 6.45) is 0.761. The van der Waals surface area contributed by atoms with Gasteiger partial charge in [0.05, 0.1) is 42.4 Å². The Morgan fingerprint density at radius 2 is 2.03 bits per heavy atom. The minimum atomic E-state index is -4.15. The largest absolute Gasteiger partial charge is 0.465 e. The van der Waals surface area contributed by atoms with Gasteiger partial charge < -0.3 is 9.47 Å². The Morgan fingerprint density at radius 1 is 1.32 bits per heavy atom. The summed E-state index contributed by atoms with van der Waals surface area (Å²) in [5, 5.41) is -0.0355. The summed E-state index contributed by atoms with van der Waals surface area (Å²) in [5.41, 5.74) is 0.0535. The van der Waals surface area contributed by atoms with Crippen LogP contribution in [0.15, 0.2) is 23.1 Å². The van der Waals surface area contributed by atoms with Crippen LogP contribution in [0.5, 0.6) is 0 Å². The second-order valence-electron chi connectivity index (χ2n) is 7.62. The molecule has 0 radical (unpaired) electrons. The van der Waals surface area contributed by atoms with Gasteiger partial charge in [0, 0.05) is 25.7 Å². The van der Waals surface area contributed by atoms with E-state index in [4.69, 9.17) is 16.3 Å². The van der Waals surface area contributed by atoms with Crippen LogP contribution < -0.4 is 0 Å². The molecule has 174 valence electrons. The van der Waals surface area contributed by atoms with Gasteiger partial charge in [0.2, 0.25) is 10.0 Å². The summed E-state index contributed by atoms with van der Waals surface area (Å²) in [7, 11) is -6.25. The summed E-state index contributed by atoms with van der Waals surface area (Å²) in [6, 6.07) is 3.23. The van der Waals surface area contributed by atoms with E-state index in [0.29, 0.717) is 26.2 Å². The van der Waals surface area contributed by atoms with Crippen LogP contribution in [-0.2, 0) is 29.3 Å². The third-order valence-electron chi connectivity index (χ3n) is 5.51. The highest BCUT2D eigenvalue weighted by Gasteiger charge is 2.39. The predicted molar refractivity (Wildman–Crippen MR) is 116 cm³/mol. The number of benzene rings is 1. The Kier molecular flexibility index (Phi) is 7.98. The smallest absolute Gasteiger partial charge is 0.337 e. The van der Waals surface area contributed by atoms with E-state index in [1.54, 1.807) is 0 Å². The fourth-order valence-electron chi connectivity index (χ4n) is 3.85. The first-order valence-corrected chi connectivity index (χ1v) is 13.7. The molecule has 0 bridgehead atoms. The van der Waals surface area contributed by atoms with Gasteiger partial charge in [-0.2, -0.15) is 4.31 Å². The van der Waals surface area contributed by atoms with E-state index in [1.807, 2.05) is 0 Å². The fourth-order valence-corrected chi connectivity index (χ4v) is 7.87. The number of sulfonamides is 1. The molecule has 1 aromatic rings. The third-order valence-corrected chi connectivity index (χ3v) is 9.69. The fraction of sp³-hybridized carbons (Fsp3) is 0.632. The van der Waals surface area contributed by atoms with Gasteiger partial charge in [-0.3, -0.25) is 4.90 Å². The van der Waals surface area contributed by atoms with Crippen molar-refractivity contribution in [2.75, 3.05) is 58.0 Å². The Labute approximate surface area is 188 Å². The topological polar surface area (TPSA) is 110 Å². The predicted octanol–water partition coefficient (Wildman–Crippen LogP) is 1.03. The second-order valence-corrected chi connectivity index (χ2v) is 12.1. The molecule has 0 aromatic heterocycles. The van der Waals surface area contributed by atoms with Gasteiger partial charge in [-0.25, -0.2) is 21.6 Å². The monoisotopic (exact) mass is 494 g/mol. The number of hydrogen-bond donors (Lipinski definition) is 0. The molecule has 9 nitrogen and oxygen atoms in total. The number of carbonyl (C=O) groups is 1. The van der Waals surface area contributed by atoms with Crippen LogP contribution in [0, 0.1) is 0 Å². The van der Waals surface area contributed by atoms with Crippen LogP contribution in [0.3, 0.4) is 0 Å². The molecule has 2 aliphatic rings. The van der Waals surface area contributed by atoms with Crippen LogP contribution in [0.25, 0.3) is 0 Å². The number of carbonyl (C=O) groups excluding carboxylic acids is 1. The van der Waals surface area contributed by atoms with Gasteiger partial charge in [-0.05, 0) is 37.6 Å². The van der Waals surface area contributed by atoms with Crippen LogP contribution in [0.1, 0.15) is 23.2 Å². The molecule has 31 heavy (non-hydrogen) atoms. The highest BCUT2D eigenvalue weighted by atomic mass is 35.5. The Bertz CT molecular complexity index is 1010. The molecule has 1 aromatic carbocycles. The number of esters is 1. The first-order valence-electron chi connectivity index (χ1n) is 10.0. The number of nitrogens with zero attached hydrogens (tertiary/aromatic N) is 2. The summed E-state index contributed by atoms with van der Waals surface area (Å²) in [4.78, 5) is 13.8. The zero-order valence-electron chi connectivity index (χ0n) is 17.3. The summed E-state index contributed by atoms with van der Waals surface area (Å²) >= 11 is 6.19. The highest BCUT2D eigenvalue weighted by Crippen LogP contribution is 2.30. The van der Waals surface area contributed by atoms with Gasteiger partial charge in [0.15, 0.2) is 9.84 Å². The third kappa shape index (κ3) is 5.96. The van der Waals surface area contributed by atoms with E-state index in [0.717, 1.165) is 13.1 Å². The van der Waals surface area contributed by atoms with Crippen molar-refractivity contribution in [2.24, 2.45) is 0 Å². The minimum absolute atomic E-state index is 0.0355. The van der Waals surface area contributed by atoms with E-state index in [1.165, 1.54) is 29.6 Å². The van der Waals surface area contributed by atoms with Gasteiger partial charge in [-0.1, -0.05) is 11.6 Å². The van der Waals surface area contributed by atoms with Gasteiger partial charge in [0.25, 0.3) is 0 Å². The van der Waals surface area contributed by atoms with Gasteiger partial charge in [0.1, 0.15) is 4.90 Å². The molecule has 12 heteroatoms. The quantitative estimate of drug-likeness (QED) is 0.493. The van der Waals surface area contributed by atoms with E-state index in [9.17, 15) is 21.6 Å². The molecule has 0 amide bonds. The normalized spacial score (nSPS) is 22.0. The maximum Gasteiger partial charge on any atom is 0.337 e. The number of halogens is 1. The van der Waals surface area contributed by atoms with Crippen molar-refractivity contribution in [3.63, 3.8) is 0 Å². The molecule has 0 saturated carbocycles. The molecule has 2 aliphatic heterocycles. The van der Waals surface area contributed by atoms with E-state index in [2.05, 4.69) is 9.64 Å². The molecule has 2 heterocycles. The highest BCUT2D eigenvalue weighted by molar-refractivity contribution is 7.92. The van der Waals surface area contributed by atoms with E-state index >= 15 is 0 Å². The van der Waals surface area contributed by atoms with Crippen molar-refractivity contribution in [3.05, 3.63) is 28.8 Å². The zero-order valence-corrected chi connectivity index (χ0v) is 19.7. The van der Waals surface area contributed by atoms with Crippen molar-refractivity contribution >= 4 is 37.4 Å². The average Bonchev–Trinajstić information content (AvgIpc) is 3.10. The molecule has 0 spiro atoms. The SMILES string of the molecule is COC(=O)c1ccc(Cl)c(S(=O)(=O)N(CCCN2CCOCC2)C2CCS(=O)(=O)C2)c1. The number of morpholine rings is 1. The summed E-state index contributed by atoms with van der Waals surface area (Å²) in [6.45, 7) is 3.65. The lowest BCUT2D eigenvalue weighted by Crippen LogP contribution is -2.43. The maximum absolute atomic E-state index is 13.6. The molecule has 1 unspecified atom stereocenters. The van der Waals surface area contributed by atoms with Crippen molar-refractivity contribution in [1.82, 2.24) is 9.21 Å². The lowest BCUT2D eigenvalue weighted by atomic mass is 10.2. The van der Waals surface area contributed by atoms with Crippen molar-refractivity contribution in [3.8, 4) is 0 Å². The van der Waals surface area contributed by atoms with Crippen molar-refractivity contribution in [2.45, 2.75) is 23.8 Å². The number of hydrogen-bond acceptors (Lipinski definition) is 8. The Hall–Kier alpha value is -1.24. The van der Waals surface area contributed by atoms with Crippen molar-refractivity contribution in [1.29, 1.82) is 0 Å². The van der Waals surface area contributed by atoms with Crippen LogP contribution in [-0.4, -0.2) is 96.1 Å². The standard InChI is InChI=1S/C19H27ClN2O7S2/c1-28-19(23)15-3-4-17(20)18(13-15)31(26,27)22(16-5-12-30(24,25)14-16)7-2-6-21-8-10-29-11-9-21/h3-4,13,16H,2,5-12,14H2,1H3. The number of sulfone groups is 1. The number of ether oxygens (including phenoxy) is 2. The lowest BCUT2D eigenvalue weighted by Gasteiger charge is -2.30. The first-order chi connectivity index (χ1) is 14.6. The Morgan fingerprint density at radius 3 is 2.65 bits per heavy atom. The molecular formula is C19H27ClN2O7S2. The van der Waals surface area contributed by atoms with Crippen molar-refractivity contribution < 1.29 is 31.1 Å². The first kappa shape index (κ1) is 24.4. The van der Waals surface area contributed by atoms with Gasteiger partial charge >= 0.3 is 5.97 Å². The molecule has 0 N–H and O–H groups in total. The molecular weight excluding hydrogens is 468 g/mol. The molecule has 1 atom stereocenters. The minimum Gasteiger partial charge on any atom is -0.465 e. The molecule has 2 saturated heterocycles. The average molecular weight is 495 g/mol. The van der Waals surface area contributed by atoms with Gasteiger partial charge in [-0.15, -0.1) is 0 Å². The van der Waals surface area contributed by atoms with Crippen LogP contribution in [0.4, 0.5) is 0 Å². The lowest BCUT2D eigenvalue weighted by molar-refractivity contribution is 0.0367. The Balaban J connectivity index is 1.87. The second kappa shape index (κ2) is 10.1. The molecule has 3 rings (SSSR count). The maximum atomic E-state index is 13.6. The van der Waals surface area contributed by atoms with E-state index < -0.39 is 31.9 Å². The summed E-state index contributed by atoms with van der Waals surface area (Å²) < 4.78 is 62.5. The summed E-state index contributed by atoms with van der Waals surface area (Å²) in [5.74, 6) is -0.961. The van der Waals surface area contributed by atoms with E-state index in [-0.39, 0.29) is 40.0 Å². The number of rotatable bonds is 8. The van der Waals surface area contributed by atoms with Crippen LogP contribution >= 0.6 is 11.6 Å². The molecule has 2 fully saturated rings. The van der Waals surface area contributed by atoms with Crippen LogP contribution in [0.2, 0.25) is 5.02 Å².